The maximum absolute atomic E-state index is 11.5. The van der Waals surface area contributed by atoms with Crippen LogP contribution in [0.25, 0.3) is 0 Å². The van der Waals surface area contributed by atoms with Crippen molar-refractivity contribution in [1.82, 2.24) is 0 Å². The lowest BCUT2D eigenvalue weighted by Gasteiger charge is -2.32. The summed E-state index contributed by atoms with van der Waals surface area (Å²) in [7, 11) is 0. The van der Waals surface area contributed by atoms with Crippen molar-refractivity contribution >= 4 is 5.78 Å². The molecular formula is C11H20O. The van der Waals surface area contributed by atoms with Gasteiger partial charge in [0.2, 0.25) is 0 Å². The first-order chi connectivity index (χ1) is 5.45. The van der Waals surface area contributed by atoms with Crippen LogP contribution >= 0.6 is 0 Å². The summed E-state index contributed by atoms with van der Waals surface area (Å²) >= 11 is 0. The maximum atomic E-state index is 11.5. The van der Waals surface area contributed by atoms with Gasteiger partial charge in [0.15, 0.2) is 0 Å². The molecule has 1 fully saturated rings. The molecule has 1 rings (SSSR count). The van der Waals surface area contributed by atoms with E-state index < -0.39 is 0 Å². The molecule has 0 aromatic carbocycles. The summed E-state index contributed by atoms with van der Waals surface area (Å²) < 4.78 is 0. The van der Waals surface area contributed by atoms with Gasteiger partial charge in [-0.1, -0.05) is 27.7 Å². The molecule has 0 saturated heterocycles. The molecule has 12 heavy (non-hydrogen) atoms. The molecule has 0 N–H and O–H groups in total. The average molecular weight is 168 g/mol. The maximum Gasteiger partial charge on any atom is 0.135 e. The van der Waals surface area contributed by atoms with Crippen LogP contribution < -0.4 is 0 Å². The molecule has 1 aliphatic rings. The van der Waals surface area contributed by atoms with Gasteiger partial charge in [-0.05, 0) is 24.2 Å². The monoisotopic (exact) mass is 168 g/mol. The summed E-state index contributed by atoms with van der Waals surface area (Å²) in [5.74, 6) is 1.27. The Hall–Kier alpha value is -0.330. The van der Waals surface area contributed by atoms with Crippen LogP contribution in [-0.4, -0.2) is 5.78 Å². The summed E-state index contributed by atoms with van der Waals surface area (Å²) in [5.41, 5.74) is 0.353. The van der Waals surface area contributed by atoms with E-state index in [9.17, 15) is 4.79 Å². The molecule has 1 nitrogen and oxygen atoms in total. The molecule has 0 spiro atoms. The molecular weight excluding hydrogens is 148 g/mol. The highest BCUT2D eigenvalue weighted by molar-refractivity contribution is 5.81. The topological polar surface area (TPSA) is 17.1 Å². The molecule has 2 atom stereocenters. The zero-order valence-corrected chi connectivity index (χ0v) is 8.68. The van der Waals surface area contributed by atoms with Crippen molar-refractivity contribution in [3.63, 3.8) is 0 Å². The molecule has 2 unspecified atom stereocenters. The van der Waals surface area contributed by atoms with E-state index in [4.69, 9.17) is 0 Å². The van der Waals surface area contributed by atoms with Crippen molar-refractivity contribution in [2.75, 3.05) is 0 Å². The van der Waals surface area contributed by atoms with Crippen molar-refractivity contribution in [3.05, 3.63) is 0 Å². The Kier molecular flexibility index (Phi) is 2.60. The Morgan fingerprint density at radius 2 is 1.92 bits per heavy atom. The van der Waals surface area contributed by atoms with Crippen molar-refractivity contribution in [1.29, 1.82) is 0 Å². The molecule has 0 aromatic heterocycles. The normalized spacial score (nSPS) is 36.2. The van der Waals surface area contributed by atoms with Crippen molar-refractivity contribution in [3.8, 4) is 0 Å². The summed E-state index contributed by atoms with van der Waals surface area (Å²) in [6.45, 7) is 8.87. The quantitative estimate of drug-likeness (QED) is 0.508. The zero-order chi connectivity index (χ0) is 9.35. The molecule has 0 aromatic rings. The van der Waals surface area contributed by atoms with Crippen LogP contribution in [0.5, 0.6) is 0 Å². The van der Waals surface area contributed by atoms with Gasteiger partial charge >= 0.3 is 0 Å². The Balaban J connectivity index is 2.80. The number of hydrogen-bond acceptors (Lipinski definition) is 1. The van der Waals surface area contributed by atoms with Gasteiger partial charge in [0.1, 0.15) is 5.78 Å². The highest BCUT2D eigenvalue weighted by atomic mass is 16.1. The summed E-state index contributed by atoms with van der Waals surface area (Å²) in [6.07, 6.45) is 3.08. The van der Waals surface area contributed by atoms with Gasteiger partial charge in [0.05, 0.1) is 0 Å². The van der Waals surface area contributed by atoms with Gasteiger partial charge in [-0.25, -0.2) is 0 Å². The molecule has 0 bridgehead atoms. The second-order valence-electron chi connectivity index (χ2n) is 4.89. The standard InChI is InChI=1S/C11H20O/c1-8-9(2)11(3,4)7-5-6-10(8)12/h8-9H,5-7H2,1-4H3. The fourth-order valence-corrected chi connectivity index (χ4v) is 2.13. The molecule has 70 valence electrons. The van der Waals surface area contributed by atoms with Gasteiger partial charge in [-0.2, -0.15) is 0 Å². The molecule has 0 radical (unpaired) electrons. The number of rotatable bonds is 0. The minimum Gasteiger partial charge on any atom is -0.299 e. The third-order valence-corrected chi connectivity index (χ3v) is 3.73. The lowest BCUT2D eigenvalue weighted by molar-refractivity contribution is -0.124. The van der Waals surface area contributed by atoms with Crippen molar-refractivity contribution in [2.45, 2.75) is 47.0 Å². The summed E-state index contributed by atoms with van der Waals surface area (Å²) in [5, 5.41) is 0. The first-order valence-electron chi connectivity index (χ1n) is 4.98. The van der Waals surface area contributed by atoms with E-state index in [0.717, 1.165) is 12.8 Å². The van der Waals surface area contributed by atoms with Crippen LogP contribution in [0.15, 0.2) is 0 Å². The van der Waals surface area contributed by atoms with Crippen molar-refractivity contribution < 1.29 is 4.79 Å². The van der Waals surface area contributed by atoms with E-state index in [1.807, 2.05) is 0 Å². The number of Topliss-reactive ketones (excluding diaryl/α,β-unsaturated/α-hetero) is 1. The Morgan fingerprint density at radius 1 is 1.33 bits per heavy atom. The Morgan fingerprint density at radius 3 is 2.50 bits per heavy atom. The lowest BCUT2D eigenvalue weighted by atomic mass is 9.72. The zero-order valence-electron chi connectivity index (χ0n) is 8.68. The smallest absolute Gasteiger partial charge is 0.135 e. The predicted molar refractivity (Wildman–Crippen MR) is 51.0 cm³/mol. The van der Waals surface area contributed by atoms with E-state index >= 15 is 0 Å². The minimum absolute atomic E-state index is 0.266. The molecule has 1 aliphatic carbocycles. The van der Waals surface area contributed by atoms with E-state index in [-0.39, 0.29) is 5.92 Å². The van der Waals surface area contributed by atoms with Gasteiger partial charge in [-0.15, -0.1) is 0 Å². The third kappa shape index (κ3) is 1.70. The van der Waals surface area contributed by atoms with Gasteiger partial charge in [0.25, 0.3) is 0 Å². The largest absolute Gasteiger partial charge is 0.299 e. The molecule has 1 heteroatoms. The van der Waals surface area contributed by atoms with E-state index in [1.165, 1.54) is 6.42 Å². The third-order valence-electron chi connectivity index (χ3n) is 3.73. The van der Waals surface area contributed by atoms with E-state index in [2.05, 4.69) is 27.7 Å². The first kappa shape index (κ1) is 9.76. The first-order valence-corrected chi connectivity index (χ1v) is 4.98. The molecule has 0 heterocycles. The van der Waals surface area contributed by atoms with Crippen LogP contribution in [0.3, 0.4) is 0 Å². The van der Waals surface area contributed by atoms with Crippen LogP contribution in [0.4, 0.5) is 0 Å². The average Bonchev–Trinajstić information content (AvgIpc) is 2.06. The van der Waals surface area contributed by atoms with Crippen LogP contribution in [0, 0.1) is 17.3 Å². The number of carbonyl (C=O) groups excluding carboxylic acids is 1. The van der Waals surface area contributed by atoms with E-state index in [0.29, 0.717) is 17.1 Å². The highest BCUT2D eigenvalue weighted by Crippen LogP contribution is 2.40. The second-order valence-corrected chi connectivity index (χ2v) is 4.89. The fraction of sp³-hybridized carbons (Fsp3) is 0.909. The van der Waals surface area contributed by atoms with Crippen molar-refractivity contribution in [2.24, 2.45) is 17.3 Å². The number of ketones is 1. The van der Waals surface area contributed by atoms with Gasteiger partial charge < -0.3 is 0 Å². The summed E-state index contributed by atoms with van der Waals surface area (Å²) in [6, 6.07) is 0. The Labute approximate surface area is 75.5 Å². The predicted octanol–water partition coefficient (Wildman–Crippen LogP) is 3.04. The molecule has 0 aliphatic heterocycles. The minimum atomic E-state index is 0.266. The second kappa shape index (κ2) is 3.20. The number of hydrogen-bond donors (Lipinski definition) is 0. The highest BCUT2D eigenvalue weighted by Gasteiger charge is 2.35. The van der Waals surface area contributed by atoms with Crippen LogP contribution in [0.1, 0.15) is 47.0 Å². The number of carbonyl (C=O) groups is 1. The van der Waals surface area contributed by atoms with Gasteiger partial charge in [0, 0.05) is 12.3 Å². The van der Waals surface area contributed by atoms with Crippen LogP contribution in [0.2, 0.25) is 0 Å². The van der Waals surface area contributed by atoms with E-state index in [1.54, 1.807) is 0 Å². The SMILES string of the molecule is CC1C(=O)CCCC(C)(C)C1C. The fourth-order valence-electron chi connectivity index (χ4n) is 2.13. The Bertz CT molecular complexity index is 181. The molecule has 1 saturated carbocycles. The van der Waals surface area contributed by atoms with Crippen LogP contribution in [-0.2, 0) is 4.79 Å². The summed E-state index contributed by atoms with van der Waals surface area (Å²) in [4.78, 5) is 11.5. The lowest BCUT2D eigenvalue weighted by Crippen LogP contribution is -2.28. The molecule has 0 amide bonds. The van der Waals surface area contributed by atoms with Gasteiger partial charge in [-0.3, -0.25) is 4.79 Å².